The van der Waals surface area contributed by atoms with Crippen molar-refractivity contribution in [3.63, 3.8) is 0 Å². The third-order valence-corrected chi connectivity index (χ3v) is 6.74. The fourth-order valence-electron chi connectivity index (χ4n) is 3.20. The summed E-state index contributed by atoms with van der Waals surface area (Å²) in [4.78, 5) is 12.9. The van der Waals surface area contributed by atoms with Gasteiger partial charge in [-0.1, -0.05) is 19.1 Å². The molecule has 2 aromatic rings. The summed E-state index contributed by atoms with van der Waals surface area (Å²) in [5.74, 6) is 0.729. The van der Waals surface area contributed by atoms with Crippen LogP contribution in [0.5, 0.6) is 11.5 Å². The number of sulfonamides is 1. The van der Waals surface area contributed by atoms with Crippen LogP contribution >= 0.6 is 0 Å². The summed E-state index contributed by atoms with van der Waals surface area (Å²) in [6.45, 7) is 2.96. The van der Waals surface area contributed by atoms with Crippen LogP contribution in [-0.4, -0.2) is 44.9 Å². The largest absolute Gasteiger partial charge is 0.493 e. The Labute approximate surface area is 171 Å². The molecule has 8 heteroatoms. The molecule has 0 unspecified atom stereocenters. The molecule has 2 aromatic carbocycles. The zero-order valence-corrected chi connectivity index (χ0v) is 17.4. The highest BCUT2D eigenvalue weighted by molar-refractivity contribution is 7.89. The van der Waals surface area contributed by atoms with E-state index in [1.807, 2.05) is 19.1 Å². The number of nitrogens with zero attached hydrogens (tertiary/aromatic N) is 1. The third kappa shape index (κ3) is 4.89. The van der Waals surface area contributed by atoms with Crippen LogP contribution in [-0.2, 0) is 14.8 Å². The molecule has 156 valence electrons. The lowest BCUT2D eigenvalue weighted by Crippen LogP contribution is -2.32. The van der Waals surface area contributed by atoms with Gasteiger partial charge in [-0.2, -0.15) is 4.31 Å². The molecule has 3 rings (SSSR count). The number of para-hydroxylation sites is 2. The second kappa shape index (κ2) is 9.28. The zero-order chi connectivity index (χ0) is 20.9. The Balaban J connectivity index is 1.67. The predicted molar refractivity (Wildman–Crippen MR) is 111 cm³/mol. The van der Waals surface area contributed by atoms with Crippen LogP contribution < -0.4 is 14.8 Å². The predicted octanol–water partition coefficient (Wildman–Crippen LogP) is 3.28. The standard InChI is InChI=1S/C21H26N2O5S/c1-3-18(28-20-9-5-4-8-19(20)27-2)21(24)22-16-10-12-17(13-11-16)29(25,26)23-14-6-7-15-23/h4-5,8-13,18H,3,6-7,14-15H2,1-2H3,(H,22,24)/t18-/m0/s1. The number of methoxy groups -OCH3 is 1. The Hall–Kier alpha value is -2.58. The maximum absolute atomic E-state index is 12.6. The molecule has 0 spiro atoms. The van der Waals surface area contributed by atoms with E-state index >= 15 is 0 Å². The van der Waals surface area contributed by atoms with Crippen molar-refractivity contribution >= 4 is 21.6 Å². The first-order chi connectivity index (χ1) is 14.0. The molecule has 0 saturated carbocycles. The first kappa shape index (κ1) is 21.1. The highest BCUT2D eigenvalue weighted by atomic mass is 32.2. The fraction of sp³-hybridized carbons (Fsp3) is 0.381. The van der Waals surface area contributed by atoms with Crippen molar-refractivity contribution in [1.82, 2.24) is 4.31 Å². The monoisotopic (exact) mass is 418 g/mol. The molecule has 1 amide bonds. The average molecular weight is 419 g/mol. The lowest BCUT2D eigenvalue weighted by molar-refractivity contribution is -0.122. The second-order valence-electron chi connectivity index (χ2n) is 6.79. The molecule has 0 aliphatic carbocycles. The molecule has 1 aliphatic heterocycles. The SMILES string of the molecule is CC[C@H](Oc1ccccc1OC)C(=O)Nc1ccc(S(=O)(=O)N2CCCC2)cc1. The lowest BCUT2D eigenvalue weighted by Gasteiger charge is -2.19. The topological polar surface area (TPSA) is 84.9 Å². The molecule has 29 heavy (non-hydrogen) atoms. The van der Waals surface area contributed by atoms with Crippen LogP contribution in [0.4, 0.5) is 5.69 Å². The van der Waals surface area contributed by atoms with Gasteiger partial charge < -0.3 is 14.8 Å². The van der Waals surface area contributed by atoms with Gasteiger partial charge in [-0.3, -0.25) is 4.79 Å². The van der Waals surface area contributed by atoms with E-state index in [0.717, 1.165) is 12.8 Å². The summed E-state index contributed by atoms with van der Waals surface area (Å²) in [6.07, 6.45) is 1.53. The molecule has 0 radical (unpaired) electrons. The molecule has 7 nitrogen and oxygen atoms in total. The van der Waals surface area contributed by atoms with Gasteiger partial charge in [-0.05, 0) is 55.7 Å². The van der Waals surface area contributed by atoms with E-state index in [0.29, 0.717) is 36.7 Å². The van der Waals surface area contributed by atoms with Crippen molar-refractivity contribution in [2.45, 2.75) is 37.2 Å². The fourth-order valence-corrected chi connectivity index (χ4v) is 4.72. The van der Waals surface area contributed by atoms with E-state index in [1.165, 1.54) is 16.4 Å². The molecular weight excluding hydrogens is 392 g/mol. The highest BCUT2D eigenvalue weighted by Gasteiger charge is 2.27. The normalized spacial score (nSPS) is 15.7. The smallest absolute Gasteiger partial charge is 0.265 e. The van der Waals surface area contributed by atoms with Gasteiger partial charge in [0.25, 0.3) is 5.91 Å². The lowest BCUT2D eigenvalue weighted by atomic mass is 10.2. The number of carbonyl (C=O) groups is 1. The molecule has 1 atom stereocenters. The van der Waals surface area contributed by atoms with Crippen LogP contribution in [0.3, 0.4) is 0 Å². The van der Waals surface area contributed by atoms with E-state index in [-0.39, 0.29) is 10.8 Å². The summed E-state index contributed by atoms with van der Waals surface area (Å²) < 4.78 is 37.8. The van der Waals surface area contributed by atoms with Gasteiger partial charge in [0.15, 0.2) is 17.6 Å². The van der Waals surface area contributed by atoms with E-state index < -0.39 is 16.1 Å². The van der Waals surface area contributed by atoms with Gasteiger partial charge in [-0.25, -0.2) is 8.42 Å². The molecular formula is C21H26N2O5S. The number of rotatable bonds is 8. The molecule has 1 saturated heterocycles. The van der Waals surface area contributed by atoms with Crippen LogP contribution in [0.2, 0.25) is 0 Å². The Morgan fingerprint density at radius 3 is 2.28 bits per heavy atom. The molecule has 1 N–H and O–H groups in total. The maximum Gasteiger partial charge on any atom is 0.265 e. The van der Waals surface area contributed by atoms with Crippen molar-refractivity contribution in [2.75, 3.05) is 25.5 Å². The first-order valence-corrected chi connectivity index (χ1v) is 11.1. The summed E-state index contributed by atoms with van der Waals surface area (Å²) >= 11 is 0. The van der Waals surface area contributed by atoms with Crippen LogP contribution in [0, 0.1) is 0 Å². The van der Waals surface area contributed by atoms with Gasteiger partial charge in [0.05, 0.1) is 12.0 Å². The molecule has 1 fully saturated rings. The van der Waals surface area contributed by atoms with Crippen molar-refractivity contribution in [1.29, 1.82) is 0 Å². The number of hydrogen-bond acceptors (Lipinski definition) is 5. The number of nitrogens with one attached hydrogen (secondary N) is 1. The summed E-state index contributed by atoms with van der Waals surface area (Å²) in [7, 11) is -1.93. The third-order valence-electron chi connectivity index (χ3n) is 4.83. The number of carbonyl (C=O) groups excluding carboxylic acids is 1. The van der Waals surface area contributed by atoms with E-state index in [1.54, 1.807) is 31.4 Å². The maximum atomic E-state index is 12.6. The number of amides is 1. The minimum Gasteiger partial charge on any atom is -0.493 e. The zero-order valence-electron chi connectivity index (χ0n) is 16.6. The minimum absolute atomic E-state index is 0.231. The molecule has 1 aliphatic rings. The van der Waals surface area contributed by atoms with Crippen LogP contribution in [0.15, 0.2) is 53.4 Å². The Morgan fingerprint density at radius 2 is 1.69 bits per heavy atom. The Bertz CT molecular complexity index is 938. The van der Waals surface area contributed by atoms with Crippen molar-refractivity contribution < 1.29 is 22.7 Å². The van der Waals surface area contributed by atoms with Crippen molar-refractivity contribution in [3.8, 4) is 11.5 Å². The van der Waals surface area contributed by atoms with Gasteiger partial charge in [0, 0.05) is 18.8 Å². The van der Waals surface area contributed by atoms with Crippen molar-refractivity contribution in [3.05, 3.63) is 48.5 Å². The number of benzene rings is 2. The van der Waals surface area contributed by atoms with E-state index in [2.05, 4.69) is 5.32 Å². The van der Waals surface area contributed by atoms with Gasteiger partial charge in [-0.15, -0.1) is 0 Å². The highest BCUT2D eigenvalue weighted by Crippen LogP contribution is 2.28. The van der Waals surface area contributed by atoms with Gasteiger partial charge >= 0.3 is 0 Å². The molecule has 0 bridgehead atoms. The average Bonchev–Trinajstić information content (AvgIpc) is 3.28. The summed E-state index contributed by atoms with van der Waals surface area (Å²) in [6, 6.07) is 13.4. The van der Waals surface area contributed by atoms with Crippen molar-refractivity contribution in [2.24, 2.45) is 0 Å². The number of anilines is 1. The summed E-state index contributed by atoms with van der Waals surface area (Å²) in [5, 5.41) is 2.79. The Kier molecular flexibility index (Phi) is 6.76. The second-order valence-corrected chi connectivity index (χ2v) is 8.73. The van der Waals surface area contributed by atoms with Crippen LogP contribution in [0.1, 0.15) is 26.2 Å². The summed E-state index contributed by atoms with van der Waals surface area (Å²) in [5.41, 5.74) is 0.512. The number of ether oxygens (including phenoxy) is 2. The van der Waals surface area contributed by atoms with E-state index in [4.69, 9.17) is 9.47 Å². The van der Waals surface area contributed by atoms with Gasteiger partial charge in [0.2, 0.25) is 10.0 Å². The Morgan fingerprint density at radius 1 is 1.07 bits per heavy atom. The minimum atomic E-state index is -3.47. The van der Waals surface area contributed by atoms with Crippen LogP contribution in [0.25, 0.3) is 0 Å². The quantitative estimate of drug-likeness (QED) is 0.711. The molecule has 0 aromatic heterocycles. The first-order valence-electron chi connectivity index (χ1n) is 9.66. The number of hydrogen-bond donors (Lipinski definition) is 1. The van der Waals surface area contributed by atoms with E-state index in [9.17, 15) is 13.2 Å². The molecule has 1 heterocycles. The van der Waals surface area contributed by atoms with Gasteiger partial charge in [0.1, 0.15) is 0 Å².